The third kappa shape index (κ3) is 3.73. The van der Waals surface area contributed by atoms with Crippen LogP contribution < -0.4 is 4.74 Å². The maximum atomic E-state index is 13.4. The topological polar surface area (TPSA) is 93.9 Å². The Morgan fingerprint density at radius 3 is 2.81 bits per heavy atom. The predicted molar refractivity (Wildman–Crippen MR) is 116 cm³/mol. The van der Waals surface area contributed by atoms with Gasteiger partial charge >= 0.3 is 0 Å². The molecular weight excluding hydrogens is 417 g/mol. The number of ether oxygens (including phenoxy) is 1. The lowest BCUT2D eigenvalue weighted by atomic mass is 10.0. The molecule has 1 aliphatic rings. The summed E-state index contributed by atoms with van der Waals surface area (Å²) < 4.78 is 21.1. The Labute approximate surface area is 181 Å². The van der Waals surface area contributed by atoms with Crippen molar-refractivity contribution in [3.8, 4) is 17.3 Å². The first-order valence-electron chi connectivity index (χ1n) is 9.54. The van der Waals surface area contributed by atoms with Gasteiger partial charge in [0.15, 0.2) is 23.4 Å². The number of fused-ring (bicyclic) bond motifs is 1. The number of hydrogen-bond donors (Lipinski definition) is 1. The van der Waals surface area contributed by atoms with E-state index < -0.39 is 6.10 Å². The average Bonchev–Trinajstić information content (AvgIpc) is 3.44. The molecule has 0 saturated carbocycles. The van der Waals surface area contributed by atoms with Gasteiger partial charge in [-0.1, -0.05) is 24.4 Å². The Hall–Kier alpha value is -3.79. The highest BCUT2D eigenvalue weighted by molar-refractivity contribution is 7.80. The fourth-order valence-corrected chi connectivity index (χ4v) is 3.50. The summed E-state index contributed by atoms with van der Waals surface area (Å²) in [7, 11) is 0. The molecule has 1 atom stereocenters. The molecule has 1 aliphatic carbocycles. The molecule has 8 nitrogen and oxygen atoms in total. The van der Waals surface area contributed by atoms with Crippen molar-refractivity contribution in [3.05, 3.63) is 72.1 Å². The number of thiocarbonyl (C=S) groups is 1. The number of aromatic amines is 1. The zero-order valence-corrected chi connectivity index (χ0v) is 17.2. The number of halogens is 1. The molecule has 1 aromatic carbocycles. The zero-order chi connectivity index (χ0) is 21.4. The lowest BCUT2D eigenvalue weighted by molar-refractivity contribution is 0.204. The van der Waals surface area contributed by atoms with Gasteiger partial charge in [0.1, 0.15) is 12.1 Å². The van der Waals surface area contributed by atoms with Gasteiger partial charge in [-0.15, -0.1) is 15.3 Å². The van der Waals surface area contributed by atoms with Crippen LogP contribution in [0.25, 0.3) is 22.6 Å². The summed E-state index contributed by atoms with van der Waals surface area (Å²) >= 11 is 5.38. The summed E-state index contributed by atoms with van der Waals surface area (Å²) in [5.74, 6) is 0.998. The number of allylic oxidation sites excluding steroid dienone is 4. The number of hydrogen-bond acceptors (Lipinski definition) is 7. The van der Waals surface area contributed by atoms with Crippen molar-refractivity contribution >= 4 is 28.3 Å². The van der Waals surface area contributed by atoms with E-state index in [9.17, 15) is 4.39 Å². The highest BCUT2D eigenvalue weighted by atomic mass is 32.1. The highest BCUT2D eigenvalue weighted by Gasteiger charge is 2.21. The summed E-state index contributed by atoms with van der Waals surface area (Å²) in [4.78, 5) is 4.97. The number of nitrogens with one attached hydrogen (secondary N) is 1. The minimum Gasteiger partial charge on any atom is -0.465 e. The molecule has 154 valence electrons. The number of aromatic nitrogens is 7. The van der Waals surface area contributed by atoms with Crippen LogP contribution in [0.1, 0.15) is 30.8 Å². The van der Waals surface area contributed by atoms with E-state index in [0.29, 0.717) is 28.7 Å². The van der Waals surface area contributed by atoms with Crippen LogP contribution in [-0.4, -0.2) is 39.9 Å². The second-order valence-corrected chi connectivity index (χ2v) is 7.48. The third-order valence-corrected chi connectivity index (χ3v) is 5.08. The molecule has 1 unspecified atom stereocenters. The van der Waals surface area contributed by atoms with Crippen LogP contribution in [0.4, 0.5) is 4.39 Å². The van der Waals surface area contributed by atoms with Gasteiger partial charge in [0.2, 0.25) is 5.88 Å². The smallest absolute Gasteiger partial charge is 0.240 e. The predicted octanol–water partition coefficient (Wildman–Crippen LogP) is 3.90. The largest absolute Gasteiger partial charge is 0.465 e. The van der Waals surface area contributed by atoms with Crippen molar-refractivity contribution in [2.45, 2.75) is 19.4 Å². The first kappa shape index (κ1) is 19.2. The van der Waals surface area contributed by atoms with Gasteiger partial charge in [0.25, 0.3) is 0 Å². The molecule has 0 bridgehead atoms. The van der Waals surface area contributed by atoms with Crippen LogP contribution in [-0.2, 0) is 0 Å². The number of H-pyrrole nitrogens is 1. The Bertz CT molecular complexity index is 1330. The van der Waals surface area contributed by atoms with Gasteiger partial charge in [0, 0.05) is 22.4 Å². The minimum atomic E-state index is -0.458. The van der Waals surface area contributed by atoms with Gasteiger partial charge in [-0.3, -0.25) is 5.10 Å². The summed E-state index contributed by atoms with van der Waals surface area (Å²) in [6, 6.07) is 7.83. The lowest BCUT2D eigenvalue weighted by Gasteiger charge is -2.16. The second kappa shape index (κ2) is 7.80. The van der Waals surface area contributed by atoms with Gasteiger partial charge in [0.05, 0.1) is 0 Å². The molecule has 3 aromatic heterocycles. The van der Waals surface area contributed by atoms with E-state index in [1.807, 2.05) is 31.2 Å². The van der Waals surface area contributed by atoms with Crippen LogP contribution in [0.15, 0.2) is 54.9 Å². The molecule has 0 radical (unpaired) electrons. The van der Waals surface area contributed by atoms with Crippen molar-refractivity contribution in [3.63, 3.8) is 0 Å². The summed E-state index contributed by atoms with van der Waals surface area (Å²) in [6.45, 7) is 1.83. The maximum Gasteiger partial charge on any atom is 0.240 e. The molecule has 31 heavy (non-hydrogen) atoms. The first-order chi connectivity index (χ1) is 15.1. The normalized spacial score (nSPS) is 14.6. The molecule has 0 spiro atoms. The van der Waals surface area contributed by atoms with Gasteiger partial charge in [-0.25, -0.2) is 9.37 Å². The molecule has 0 aliphatic heterocycles. The second-order valence-electron chi connectivity index (χ2n) is 6.95. The molecular formula is C21H16FN7OS. The van der Waals surface area contributed by atoms with Gasteiger partial charge in [-0.05, 0) is 48.9 Å². The first-order valence-corrected chi connectivity index (χ1v) is 9.95. The van der Waals surface area contributed by atoms with E-state index in [-0.39, 0.29) is 5.82 Å². The molecule has 4 aromatic rings. The highest BCUT2D eigenvalue weighted by Crippen LogP contribution is 2.32. The standard InChI is InChI=1S/C21H16FN7OS/c1-12(19-23-11-24-26-19)30-21-17(14-3-2-4-16(31)9-14)10-18-25-27-20(29(18)28-21)13-5-7-15(22)8-6-13/h2-3,5-12H,4H2,1H3,(H,23,24,26). The fourth-order valence-electron chi connectivity index (χ4n) is 3.27. The van der Waals surface area contributed by atoms with E-state index >= 15 is 0 Å². The van der Waals surface area contributed by atoms with E-state index in [2.05, 4.69) is 30.5 Å². The van der Waals surface area contributed by atoms with Crippen molar-refractivity contribution < 1.29 is 9.13 Å². The lowest BCUT2D eigenvalue weighted by Crippen LogP contribution is -2.11. The van der Waals surface area contributed by atoms with Crippen LogP contribution in [0.3, 0.4) is 0 Å². The Kier molecular flexibility index (Phi) is 4.83. The molecule has 10 heteroatoms. The quantitative estimate of drug-likeness (QED) is 0.477. The van der Waals surface area contributed by atoms with Crippen LogP contribution in [0.5, 0.6) is 5.88 Å². The van der Waals surface area contributed by atoms with Gasteiger partial charge in [-0.2, -0.15) is 9.61 Å². The van der Waals surface area contributed by atoms with Crippen LogP contribution >= 0.6 is 12.2 Å². The SMILES string of the molecule is CC(Oc1nn2c(-c3ccc(F)cc3)nnc2cc1C1=CC(=S)CC=C1)c1nc[nH]n1. The average molecular weight is 433 g/mol. The number of rotatable bonds is 5. The Morgan fingerprint density at radius 1 is 1.23 bits per heavy atom. The van der Waals surface area contributed by atoms with E-state index in [1.54, 1.807) is 16.6 Å². The van der Waals surface area contributed by atoms with Crippen molar-refractivity contribution in [1.82, 2.24) is 35.0 Å². The molecule has 3 heterocycles. The molecule has 0 amide bonds. The third-order valence-electron chi connectivity index (χ3n) is 4.79. The van der Waals surface area contributed by atoms with E-state index in [1.165, 1.54) is 18.5 Å². The molecule has 1 N–H and O–H groups in total. The summed E-state index contributed by atoms with van der Waals surface area (Å²) in [6.07, 6.45) is 7.65. The Balaban J connectivity index is 1.65. The van der Waals surface area contributed by atoms with Gasteiger partial charge < -0.3 is 4.74 Å². The van der Waals surface area contributed by atoms with Crippen molar-refractivity contribution in [2.24, 2.45) is 0 Å². The monoisotopic (exact) mass is 433 g/mol. The van der Waals surface area contributed by atoms with E-state index in [0.717, 1.165) is 22.4 Å². The van der Waals surface area contributed by atoms with Crippen LogP contribution in [0.2, 0.25) is 0 Å². The summed E-state index contributed by atoms with van der Waals surface area (Å²) in [5.41, 5.74) is 2.80. The fraction of sp³-hybridized carbons (Fsp3) is 0.143. The van der Waals surface area contributed by atoms with Crippen LogP contribution in [0, 0.1) is 5.82 Å². The van der Waals surface area contributed by atoms with Crippen molar-refractivity contribution in [2.75, 3.05) is 0 Å². The molecule has 5 rings (SSSR count). The van der Waals surface area contributed by atoms with E-state index in [4.69, 9.17) is 17.0 Å². The number of benzene rings is 1. The molecule has 0 fully saturated rings. The zero-order valence-electron chi connectivity index (χ0n) is 16.4. The molecule has 0 saturated heterocycles. The Morgan fingerprint density at radius 2 is 2.06 bits per heavy atom. The number of nitrogens with zero attached hydrogens (tertiary/aromatic N) is 6. The maximum absolute atomic E-state index is 13.4. The van der Waals surface area contributed by atoms with Crippen molar-refractivity contribution in [1.29, 1.82) is 0 Å². The minimum absolute atomic E-state index is 0.329. The summed E-state index contributed by atoms with van der Waals surface area (Å²) in [5, 5.41) is 19.9.